The van der Waals surface area contributed by atoms with E-state index in [-0.39, 0.29) is 5.02 Å². The van der Waals surface area contributed by atoms with Crippen LogP contribution in [-0.2, 0) is 9.05 Å². The molecule has 0 bridgehead atoms. The largest absolute Gasteiger partial charge is 0.390 e. The van der Waals surface area contributed by atoms with Crippen molar-refractivity contribution in [2.75, 3.05) is 6.54 Å². The van der Waals surface area contributed by atoms with Crippen molar-refractivity contribution in [3.8, 4) is 0 Å². The van der Waals surface area contributed by atoms with E-state index in [1.807, 2.05) is 0 Å². The van der Waals surface area contributed by atoms with E-state index >= 15 is 0 Å². The predicted molar refractivity (Wildman–Crippen MR) is 67.5 cm³/mol. The highest BCUT2D eigenvalue weighted by Gasteiger charge is 2.28. The van der Waals surface area contributed by atoms with Crippen molar-refractivity contribution in [3.63, 3.8) is 0 Å². The number of rotatable bonds is 4. The molecule has 1 N–H and O–H groups in total. The number of carbonyl (C=O) groups is 1. The Morgan fingerprint density at radius 2 is 1.86 bits per heavy atom. The minimum absolute atomic E-state index is 0.309. The van der Waals surface area contributed by atoms with Crippen LogP contribution >= 0.6 is 22.3 Å². The molecule has 0 spiro atoms. The predicted octanol–water partition coefficient (Wildman–Crippen LogP) is 3.09. The summed E-state index contributed by atoms with van der Waals surface area (Å²) >= 11 is 5.53. The van der Waals surface area contributed by atoms with Crippen LogP contribution in [0.2, 0.25) is 5.02 Å². The van der Waals surface area contributed by atoms with Gasteiger partial charge in [-0.2, -0.15) is 13.2 Å². The van der Waals surface area contributed by atoms with Gasteiger partial charge in [0.2, 0.25) is 0 Å². The lowest BCUT2D eigenvalue weighted by Gasteiger charge is -2.10. The zero-order valence-corrected chi connectivity index (χ0v) is 12.3. The second-order valence-corrected chi connectivity index (χ2v) is 6.80. The molecular formula is C10H7Cl2F4NO3S. The summed E-state index contributed by atoms with van der Waals surface area (Å²) in [5.41, 5.74) is -0.816. The van der Waals surface area contributed by atoms with Crippen molar-refractivity contribution in [3.05, 3.63) is 28.5 Å². The summed E-state index contributed by atoms with van der Waals surface area (Å²) in [6.07, 6.45) is -5.81. The van der Waals surface area contributed by atoms with Crippen LogP contribution in [0, 0.1) is 5.82 Å². The average Bonchev–Trinajstić information content (AvgIpc) is 2.28. The molecule has 118 valence electrons. The van der Waals surface area contributed by atoms with Crippen LogP contribution in [0.4, 0.5) is 17.6 Å². The van der Waals surface area contributed by atoms with Crippen LogP contribution < -0.4 is 5.32 Å². The van der Waals surface area contributed by atoms with Gasteiger partial charge in [-0.15, -0.1) is 0 Å². The molecular weight excluding hydrogens is 361 g/mol. The fraction of sp³-hybridized carbons (Fsp3) is 0.300. The highest BCUT2D eigenvalue weighted by atomic mass is 35.7. The summed E-state index contributed by atoms with van der Waals surface area (Å²) in [5, 5.41) is 1.50. The summed E-state index contributed by atoms with van der Waals surface area (Å²) < 4.78 is 71.9. The van der Waals surface area contributed by atoms with Gasteiger partial charge in [0.1, 0.15) is 4.90 Å². The van der Waals surface area contributed by atoms with E-state index in [1.54, 1.807) is 5.32 Å². The van der Waals surface area contributed by atoms with Gasteiger partial charge in [-0.1, -0.05) is 11.6 Å². The first-order chi connectivity index (χ1) is 9.42. The summed E-state index contributed by atoms with van der Waals surface area (Å²) in [7, 11) is 0.467. The molecule has 11 heteroatoms. The molecule has 0 saturated carbocycles. The first kappa shape index (κ1) is 18.0. The minimum Gasteiger partial charge on any atom is -0.352 e. The van der Waals surface area contributed by atoms with Crippen molar-refractivity contribution in [1.82, 2.24) is 5.32 Å². The second kappa shape index (κ2) is 6.37. The molecule has 0 aliphatic heterocycles. The minimum atomic E-state index is -4.50. The highest BCUT2D eigenvalue weighted by Crippen LogP contribution is 2.26. The third kappa shape index (κ3) is 5.33. The molecule has 0 unspecified atom stereocenters. The number of hydrogen-bond donors (Lipinski definition) is 1. The van der Waals surface area contributed by atoms with Gasteiger partial charge in [-0.3, -0.25) is 4.79 Å². The molecule has 0 aliphatic carbocycles. The van der Waals surface area contributed by atoms with Gasteiger partial charge in [0.15, 0.2) is 5.82 Å². The standard InChI is InChI=1S/C10H7Cl2F4NO3S/c11-5-3-6(8(13)7(4-5)21(12,19)20)9(18)17-2-1-10(14,15)16/h3-4H,1-2H2,(H,17,18). The number of amides is 1. The molecule has 0 fully saturated rings. The van der Waals surface area contributed by atoms with Gasteiger partial charge >= 0.3 is 6.18 Å². The van der Waals surface area contributed by atoms with Crippen molar-refractivity contribution >= 4 is 37.2 Å². The third-order valence-corrected chi connectivity index (χ3v) is 3.74. The Bertz CT molecular complexity index is 661. The van der Waals surface area contributed by atoms with Crippen LogP contribution in [-0.4, -0.2) is 27.0 Å². The van der Waals surface area contributed by atoms with E-state index in [9.17, 15) is 30.8 Å². The molecule has 0 radical (unpaired) electrons. The quantitative estimate of drug-likeness (QED) is 0.656. The van der Waals surface area contributed by atoms with E-state index in [4.69, 9.17) is 22.3 Å². The molecule has 4 nitrogen and oxygen atoms in total. The Morgan fingerprint density at radius 1 is 1.29 bits per heavy atom. The summed E-state index contributed by atoms with van der Waals surface area (Å²) in [4.78, 5) is 10.5. The lowest BCUT2D eigenvalue weighted by Crippen LogP contribution is -2.29. The van der Waals surface area contributed by atoms with Gasteiger partial charge in [-0.05, 0) is 12.1 Å². The Kier molecular flexibility index (Phi) is 5.46. The van der Waals surface area contributed by atoms with E-state index in [0.717, 1.165) is 6.07 Å². The molecule has 0 aliphatic rings. The number of hydrogen-bond acceptors (Lipinski definition) is 3. The number of nitrogens with one attached hydrogen (secondary N) is 1. The fourth-order valence-corrected chi connectivity index (χ4v) is 2.53. The van der Waals surface area contributed by atoms with Crippen LogP contribution in [0.15, 0.2) is 17.0 Å². The van der Waals surface area contributed by atoms with Gasteiger partial charge in [0.25, 0.3) is 15.0 Å². The normalized spacial score (nSPS) is 12.3. The average molecular weight is 368 g/mol. The lowest BCUT2D eigenvalue weighted by molar-refractivity contribution is -0.132. The second-order valence-electron chi connectivity index (χ2n) is 3.82. The first-order valence-corrected chi connectivity index (χ1v) is 7.89. The smallest absolute Gasteiger partial charge is 0.352 e. The Morgan fingerprint density at radius 3 is 2.33 bits per heavy atom. The Hall–Kier alpha value is -1.06. The van der Waals surface area contributed by atoms with Crippen molar-refractivity contribution < 1.29 is 30.8 Å². The van der Waals surface area contributed by atoms with E-state index in [2.05, 4.69) is 0 Å². The molecule has 1 rings (SSSR count). The van der Waals surface area contributed by atoms with Crippen molar-refractivity contribution in [1.29, 1.82) is 0 Å². The maximum atomic E-state index is 13.9. The molecule has 0 heterocycles. The van der Waals surface area contributed by atoms with Crippen molar-refractivity contribution in [2.24, 2.45) is 0 Å². The summed E-state index contributed by atoms with van der Waals surface area (Å²) in [5.74, 6) is -2.72. The maximum Gasteiger partial charge on any atom is 0.390 e. The van der Waals surface area contributed by atoms with Crippen LogP contribution in [0.3, 0.4) is 0 Å². The Labute approximate surface area is 126 Å². The molecule has 21 heavy (non-hydrogen) atoms. The molecule has 1 aromatic rings. The fourth-order valence-electron chi connectivity index (χ4n) is 1.32. The van der Waals surface area contributed by atoms with Crippen LogP contribution in [0.25, 0.3) is 0 Å². The van der Waals surface area contributed by atoms with Crippen molar-refractivity contribution in [2.45, 2.75) is 17.5 Å². The van der Waals surface area contributed by atoms with E-state index in [0.29, 0.717) is 6.07 Å². The van der Waals surface area contributed by atoms with Gasteiger partial charge < -0.3 is 5.32 Å². The SMILES string of the molecule is O=C(NCCC(F)(F)F)c1cc(Cl)cc(S(=O)(=O)Cl)c1F. The molecule has 0 atom stereocenters. The number of carbonyl (C=O) groups excluding carboxylic acids is 1. The topological polar surface area (TPSA) is 63.2 Å². The Balaban J connectivity index is 3.03. The zero-order chi connectivity index (χ0) is 16.4. The monoisotopic (exact) mass is 367 g/mol. The summed E-state index contributed by atoms with van der Waals surface area (Å²) in [6, 6.07) is 1.47. The first-order valence-electron chi connectivity index (χ1n) is 5.20. The molecule has 0 saturated heterocycles. The molecule has 1 aromatic carbocycles. The number of halogens is 6. The van der Waals surface area contributed by atoms with Gasteiger partial charge in [0, 0.05) is 22.2 Å². The number of alkyl halides is 3. The number of benzene rings is 1. The van der Waals surface area contributed by atoms with Crippen LogP contribution in [0.5, 0.6) is 0 Å². The third-order valence-electron chi connectivity index (χ3n) is 2.21. The highest BCUT2D eigenvalue weighted by molar-refractivity contribution is 8.13. The van der Waals surface area contributed by atoms with Gasteiger partial charge in [0.05, 0.1) is 12.0 Å². The molecule has 1 amide bonds. The van der Waals surface area contributed by atoms with Gasteiger partial charge in [-0.25, -0.2) is 12.8 Å². The van der Waals surface area contributed by atoms with Crippen LogP contribution in [0.1, 0.15) is 16.8 Å². The molecule has 0 aromatic heterocycles. The lowest BCUT2D eigenvalue weighted by atomic mass is 10.2. The summed E-state index contributed by atoms with van der Waals surface area (Å²) in [6.45, 7) is -0.794. The maximum absolute atomic E-state index is 13.9. The zero-order valence-electron chi connectivity index (χ0n) is 9.97. The van der Waals surface area contributed by atoms with E-state index in [1.165, 1.54) is 0 Å². The van der Waals surface area contributed by atoms with E-state index < -0.39 is 50.4 Å².